The Bertz CT molecular complexity index is 1330. The van der Waals surface area contributed by atoms with Crippen LogP contribution in [0.3, 0.4) is 0 Å². The molecule has 1 saturated heterocycles. The van der Waals surface area contributed by atoms with Gasteiger partial charge in [-0.15, -0.1) is 0 Å². The van der Waals surface area contributed by atoms with Gasteiger partial charge in [-0.3, -0.25) is 9.59 Å². The number of halogens is 1. The van der Waals surface area contributed by atoms with Crippen LogP contribution < -0.4 is 0 Å². The van der Waals surface area contributed by atoms with Gasteiger partial charge in [0.1, 0.15) is 5.82 Å². The molecule has 0 unspecified atom stereocenters. The molecule has 0 bridgehead atoms. The highest BCUT2D eigenvalue weighted by molar-refractivity contribution is 7.89. The monoisotopic (exact) mass is 599 g/mol. The number of carbonyl (C=O) groups is 2. The molecule has 0 N–H and O–H groups in total. The fraction of sp³-hybridized carbons (Fsp3) is 0.576. The van der Waals surface area contributed by atoms with Crippen LogP contribution in [0.2, 0.25) is 0 Å². The van der Waals surface area contributed by atoms with E-state index >= 15 is 0 Å². The average molecular weight is 600 g/mol. The van der Waals surface area contributed by atoms with Crippen molar-refractivity contribution in [3.05, 3.63) is 65.5 Å². The van der Waals surface area contributed by atoms with Crippen LogP contribution in [0.4, 0.5) is 4.39 Å². The maximum absolute atomic E-state index is 13.9. The van der Waals surface area contributed by atoms with Crippen LogP contribution in [0.1, 0.15) is 77.3 Å². The lowest BCUT2D eigenvalue weighted by Gasteiger charge is -2.40. The molecule has 0 spiro atoms. The van der Waals surface area contributed by atoms with E-state index in [4.69, 9.17) is 0 Å². The zero-order valence-corrected chi connectivity index (χ0v) is 26.5. The highest BCUT2D eigenvalue weighted by Gasteiger charge is 2.41. The topological polar surface area (TPSA) is 78.0 Å². The van der Waals surface area contributed by atoms with E-state index < -0.39 is 10.0 Å². The van der Waals surface area contributed by atoms with Gasteiger partial charge in [-0.05, 0) is 80.2 Å². The van der Waals surface area contributed by atoms with E-state index in [9.17, 15) is 22.4 Å². The minimum Gasteiger partial charge on any atom is -0.343 e. The lowest BCUT2D eigenvalue weighted by atomic mass is 9.84. The van der Waals surface area contributed by atoms with Crippen LogP contribution >= 0.6 is 0 Å². The van der Waals surface area contributed by atoms with E-state index in [-0.39, 0.29) is 59.0 Å². The fourth-order valence-corrected chi connectivity index (χ4v) is 7.66. The molecular weight excluding hydrogens is 553 g/mol. The van der Waals surface area contributed by atoms with Crippen molar-refractivity contribution in [2.24, 2.45) is 11.3 Å². The first kappa shape index (κ1) is 32.1. The van der Waals surface area contributed by atoms with E-state index in [0.29, 0.717) is 32.4 Å². The standard InChI is InChI=1S/C33H46FN3O4S/c1-24-6-14-30(15-7-24)42(40,41)37(29-12-13-29)23-32(39)36(22-26-8-10-27(34)11-9-26)28-16-18-35(19-17-28)31(38)20-25(2)21-33(3,4)5/h6-11,14-15,25,28-29H,12-13,16-23H2,1-5H3/t25-/m0/s1. The van der Waals surface area contributed by atoms with Crippen molar-refractivity contribution in [2.75, 3.05) is 19.6 Å². The first-order valence-corrected chi connectivity index (χ1v) is 16.6. The Balaban J connectivity index is 1.48. The third-order valence-corrected chi connectivity index (χ3v) is 10.1. The normalized spacial score (nSPS) is 17.4. The van der Waals surface area contributed by atoms with Crippen molar-refractivity contribution in [1.29, 1.82) is 0 Å². The molecule has 2 aromatic rings. The molecule has 9 heteroatoms. The molecule has 2 aromatic carbocycles. The first-order valence-electron chi connectivity index (χ1n) is 15.1. The number of amides is 2. The third-order valence-electron chi connectivity index (χ3n) is 8.20. The zero-order valence-electron chi connectivity index (χ0n) is 25.7. The predicted octanol–water partition coefficient (Wildman–Crippen LogP) is 5.77. The Hall–Kier alpha value is -2.78. The van der Waals surface area contributed by atoms with Gasteiger partial charge in [0, 0.05) is 38.1 Å². The summed E-state index contributed by atoms with van der Waals surface area (Å²) < 4.78 is 42.2. The van der Waals surface area contributed by atoms with E-state index in [1.165, 1.54) is 16.4 Å². The van der Waals surface area contributed by atoms with Gasteiger partial charge < -0.3 is 9.80 Å². The number of benzene rings is 2. The molecule has 1 aliphatic heterocycles. The summed E-state index contributed by atoms with van der Waals surface area (Å²) in [5.41, 5.74) is 1.90. The zero-order chi connectivity index (χ0) is 30.7. The summed E-state index contributed by atoms with van der Waals surface area (Å²) in [6.07, 6.45) is 4.15. The maximum Gasteiger partial charge on any atom is 0.243 e. The molecule has 1 heterocycles. The maximum atomic E-state index is 13.9. The van der Waals surface area contributed by atoms with Gasteiger partial charge in [0.05, 0.1) is 11.4 Å². The Morgan fingerprint density at radius 3 is 2.10 bits per heavy atom. The van der Waals surface area contributed by atoms with Gasteiger partial charge in [-0.25, -0.2) is 12.8 Å². The van der Waals surface area contributed by atoms with Crippen LogP contribution in [0.15, 0.2) is 53.4 Å². The van der Waals surface area contributed by atoms with Gasteiger partial charge in [0.15, 0.2) is 0 Å². The Morgan fingerprint density at radius 1 is 0.952 bits per heavy atom. The van der Waals surface area contributed by atoms with Crippen LogP contribution in [0.5, 0.6) is 0 Å². The van der Waals surface area contributed by atoms with Gasteiger partial charge in [0.25, 0.3) is 0 Å². The van der Waals surface area contributed by atoms with Crippen molar-refractivity contribution >= 4 is 21.8 Å². The number of hydrogen-bond donors (Lipinski definition) is 0. The van der Waals surface area contributed by atoms with Crippen LogP contribution in [-0.2, 0) is 26.2 Å². The highest BCUT2D eigenvalue weighted by atomic mass is 32.2. The molecule has 1 saturated carbocycles. The molecule has 42 heavy (non-hydrogen) atoms. The Morgan fingerprint density at radius 2 is 1.55 bits per heavy atom. The minimum absolute atomic E-state index is 0.144. The van der Waals surface area contributed by atoms with Gasteiger partial charge in [-0.2, -0.15) is 4.31 Å². The quantitative estimate of drug-likeness (QED) is 0.329. The average Bonchev–Trinajstić information content (AvgIpc) is 3.75. The summed E-state index contributed by atoms with van der Waals surface area (Å²) in [6, 6.07) is 12.4. The number of aryl methyl sites for hydroxylation is 1. The summed E-state index contributed by atoms with van der Waals surface area (Å²) in [5, 5.41) is 0. The number of rotatable bonds is 11. The predicted molar refractivity (Wildman–Crippen MR) is 162 cm³/mol. The number of nitrogens with zero attached hydrogens (tertiary/aromatic N) is 3. The van der Waals surface area contributed by atoms with E-state index in [2.05, 4.69) is 27.7 Å². The molecule has 1 atom stereocenters. The van der Waals surface area contributed by atoms with Gasteiger partial charge in [0.2, 0.25) is 21.8 Å². The Kier molecular flexibility index (Phi) is 10.1. The molecule has 0 radical (unpaired) electrons. The highest BCUT2D eigenvalue weighted by Crippen LogP contribution is 2.33. The van der Waals surface area contributed by atoms with Crippen molar-refractivity contribution < 1.29 is 22.4 Å². The van der Waals surface area contributed by atoms with Crippen molar-refractivity contribution in [3.8, 4) is 0 Å². The third kappa shape index (κ3) is 8.63. The van der Waals surface area contributed by atoms with E-state index in [0.717, 1.165) is 30.4 Å². The largest absolute Gasteiger partial charge is 0.343 e. The van der Waals surface area contributed by atoms with E-state index in [1.54, 1.807) is 41.3 Å². The molecule has 1 aliphatic carbocycles. The second-order valence-corrected chi connectivity index (χ2v) is 15.3. The minimum atomic E-state index is -3.85. The van der Waals surface area contributed by atoms with Gasteiger partial charge >= 0.3 is 0 Å². The molecule has 2 fully saturated rings. The van der Waals surface area contributed by atoms with Crippen LogP contribution in [0.25, 0.3) is 0 Å². The summed E-state index contributed by atoms with van der Waals surface area (Å²) >= 11 is 0. The lowest BCUT2D eigenvalue weighted by molar-refractivity contribution is -0.138. The van der Waals surface area contributed by atoms with Gasteiger partial charge in [-0.1, -0.05) is 57.5 Å². The van der Waals surface area contributed by atoms with Crippen molar-refractivity contribution in [3.63, 3.8) is 0 Å². The lowest BCUT2D eigenvalue weighted by Crippen LogP contribution is -2.51. The number of piperidine rings is 1. The van der Waals surface area contributed by atoms with Crippen molar-refractivity contribution in [2.45, 2.75) is 96.7 Å². The smallest absolute Gasteiger partial charge is 0.243 e. The molecule has 0 aromatic heterocycles. The Labute approximate surface area is 251 Å². The summed E-state index contributed by atoms with van der Waals surface area (Å²) in [7, 11) is -3.85. The first-order chi connectivity index (χ1) is 19.7. The van der Waals surface area contributed by atoms with E-state index in [1.807, 2.05) is 11.8 Å². The van der Waals surface area contributed by atoms with Crippen molar-refractivity contribution in [1.82, 2.24) is 14.1 Å². The molecule has 7 nitrogen and oxygen atoms in total. The molecule has 2 amide bonds. The second kappa shape index (κ2) is 13.2. The number of hydrogen-bond acceptors (Lipinski definition) is 4. The SMILES string of the molecule is Cc1ccc(S(=O)(=O)N(CC(=O)N(Cc2ccc(F)cc2)C2CCN(C(=O)C[C@H](C)CC(C)(C)C)CC2)C2CC2)cc1. The number of sulfonamides is 1. The second-order valence-electron chi connectivity index (χ2n) is 13.4. The van der Waals surface area contributed by atoms with Crippen LogP contribution in [-0.4, -0.2) is 66.1 Å². The van der Waals surface area contributed by atoms with Crippen LogP contribution in [0, 0.1) is 24.1 Å². The molecule has 4 rings (SSSR count). The fourth-order valence-electron chi connectivity index (χ4n) is 6.02. The number of carbonyl (C=O) groups excluding carboxylic acids is 2. The molecule has 2 aliphatic rings. The number of likely N-dealkylation sites (tertiary alicyclic amines) is 1. The molecule has 230 valence electrons. The summed E-state index contributed by atoms with van der Waals surface area (Å²) in [5.74, 6) is -0.194. The summed E-state index contributed by atoms with van der Waals surface area (Å²) in [6.45, 7) is 11.7. The summed E-state index contributed by atoms with van der Waals surface area (Å²) in [4.78, 5) is 30.8. The molecular formula is C33H46FN3O4S.